The summed E-state index contributed by atoms with van der Waals surface area (Å²) in [6.45, 7) is 6.44. The number of carbonyl (C=O) groups is 1. The second-order valence-corrected chi connectivity index (χ2v) is 8.32. The molecule has 2 aliphatic heterocycles. The van der Waals surface area contributed by atoms with E-state index in [2.05, 4.69) is 20.1 Å². The maximum Gasteiger partial charge on any atom is 0.219 e. The Balaban J connectivity index is 1.25. The highest BCUT2D eigenvalue weighted by Gasteiger charge is 2.29. The lowest BCUT2D eigenvalue weighted by Gasteiger charge is -2.37. The van der Waals surface area contributed by atoms with Gasteiger partial charge in [-0.1, -0.05) is 0 Å². The van der Waals surface area contributed by atoms with E-state index in [1.165, 1.54) is 0 Å². The van der Waals surface area contributed by atoms with Crippen molar-refractivity contribution < 1.29 is 9.53 Å². The van der Waals surface area contributed by atoms with Crippen LogP contribution in [0.25, 0.3) is 16.9 Å². The number of hydrogen-bond acceptors (Lipinski definition) is 7. The fourth-order valence-corrected chi connectivity index (χ4v) is 4.51. The van der Waals surface area contributed by atoms with Crippen LogP contribution >= 0.6 is 0 Å². The molecule has 2 fully saturated rings. The summed E-state index contributed by atoms with van der Waals surface area (Å²) >= 11 is 0. The monoisotopic (exact) mass is 421 g/mol. The van der Waals surface area contributed by atoms with E-state index >= 15 is 0 Å². The van der Waals surface area contributed by atoms with Gasteiger partial charge < -0.3 is 14.5 Å². The summed E-state index contributed by atoms with van der Waals surface area (Å²) < 4.78 is 7.78. The van der Waals surface area contributed by atoms with Crippen LogP contribution in [0, 0.1) is 0 Å². The van der Waals surface area contributed by atoms with Crippen molar-refractivity contribution in [3.63, 3.8) is 0 Å². The van der Waals surface area contributed by atoms with Gasteiger partial charge in [-0.05, 0) is 50.2 Å². The van der Waals surface area contributed by atoms with Crippen LogP contribution in [-0.2, 0) is 9.53 Å². The molecular formula is C22H27N7O2. The Morgan fingerprint density at radius 1 is 1.16 bits per heavy atom. The number of hydrogen-bond donors (Lipinski definition) is 0. The van der Waals surface area contributed by atoms with Crippen molar-refractivity contribution in [1.29, 1.82) is 0 Å². The van der Waals surface area contributed by atoms with Gasteiger partial charge in [-0.3, -0.25) is 9.78 Å². The summed E-state index contributed by atoms with van der Waals surface area (Å²) in [4.78, 5) is 20.2. The third-order valence-corrected chi connectivity index (χ3v) is 6.24. The topological polar surface area (TPSA) is 88.8 Å². The van der Waals surface area contributed by atoms with E-state index in [0.29, 0.717) is 25.6 Å². The minimum atomic E-state index is 0.0897. The van der Waals surface area contributed by atoms with Crippen molar-refractivity contribution >= 4 is 11.6 Å². The number of pyridine rings is 1. The second kappa shape index (κ2) is 8.68. The van der Waals surface area contributed by atoms with E-state index in [4.69, 9.17) is 9.84 Å². The predicted molar refractivity (Wildman–Crippen MR) is 114 cm³/mol. The number of piperidine rings is 1. The lowest BCUT2D eigenvalue weighted by molar-refractivity contribution is -0.137. The number of amides is 1. The predicted octanol–water partition coefficient (Wildman–Crippen LogP) is 1.61. The van der Waals surface area contributed by atoms with E-state index in [1.807, 2.05) is 39.9 Å². The van der Waals surface area contributed by atoms with Crippen LogP contribution in [0.2, 0.25) is 0 Å². The summed E-state index contributed by atoms with van der Waals surface area (Å²) in [5.41, 5.74) is 2.61. The van der Waals surface area contributed by atoms with Crippen LogP contribution in [0.1, 0.15) is 31.5 Å². The number of nitrogens with zero attached hydrogens (tertiary/aromatic N) is 7. The molecule has 162 valence electrons. The third-order valence-electron chi connectivity index (χ3n) is 6.24. The van der Waals surface area contributed by atoms with Gasteiger partial charge in [-0.25, -0.2) is 0 Å². The minimum Gasteiger partial charge on any atom is -0.373 e. The smallest absolute Gasteiger partial charge is 0.219 e. The molecule has 0 aromatic carbocycles. The molecule has 3 aromatic rings. The first-order valence-corrected chi connectivity index (χ1v) is 10.9. The van der Waals surface area contributed by atoms with Crippen LogP contribution < -0.4 is 0 Å². The van der Waals surface area contributed by atoms with E-state index in [0.717, 1.165) is 55.2 Å². The molecule has 1 amide bonds. The van der Waals surface area contributed by atoms with Crippen LogP contribution in [0.15, 0.2) is 36.7 Å². The Morgan fingerprint density at radius 2 is 2.03 bits per heavy atom. The number of aromatic nitrogens is 5. The molecule has 0 bridgehead atoms. The quantitative estimate of drug-likeness (QED) is 0.632. The number of likely N-dealkylation sites (tertiary alicyclic amines) is 1. The molecule has 5 rings (SSSR count). The zero-order valence-corrected chi connectivity index (χ0v) is 17.7. The van der Waals surface area contributed by atoms with Gasteiger partial charge in [0.2, 0.25) is 5.91 Å². The molecule has 0 spiro atoms. The maximum atomic E-state index is 11.7. The van der Waals surface area contributed by atoms with Crippen LogP contribution in [0.3, 0.4) is 0 Å². The van der Waals surface area contributed by atoms with Crippen molar-refractivity contribution in [2.24, 2.45) is 0 Å². The van der Waals surface area contributed by atoms with E-state index in [9.17, 15) is 4.79 Å². The molecule has 2 saturated heterocycles. The van der Waals surface area contributed by atoms with Crippen molar-refractivity contribution in [3.05, 3.63) is 42.5 Å². The maximum absolute atomic E-state index is 11.7. The summed E-state index contributed by atoms with van der Waals surface area (Å²) in [5, 5.41) is 13.6. The minimum absolute atomic E-state index is 0.0897. The van der Waals surface area contributed by atoms with Gasteiger partial charge in [-0.2, -0.15) is 9.61 Å². The normalized spacial score (nSPS) is 20.9. The number of rotatable bonds is 4. The van der Waals surface area contributed by atoms with E-state index in [1.54, 1.807) is 13.1 Å². The Kier molecular flexibility index (Phi) is 5.61. The van der Waals surface area contributed by atoms with Crippen molar-refractivity contribution in [2.75, 3.05) is 39.3 Å². The second-order valence-electron chi connectivity index (χ2n) is 8.32. The average molecular weight is 422 g/mol. The molecule has 0 radical (unpaired) electrons. The lowest BCUT2D eigenvalue weighted by atomic mass is 9.96. The molecule has 31 heavy (non-hydrogen) atoms. The Bertz CT molecular complexity index is 1050. The Labute approximate surface area is 181 Å². The van der Waals surface area contributed by atoms with Gasteiger partial charge in [0.15, 0.2) is 11.5 Å². The molecule has 1 unspecified atom stereocenters. The van der Waals surface area contributed by atoms with Crippen LogP contribution in [-0.4, -0.2) is 85.9 Å². The highest BCUT2D eigenvalue weighted by molar-refractivity contribution is 5.73. The molecule has 0 N–H and O–H groups in total. The van der Waals surface area contributed by atoms with Gasteiger partial charge in [-0.15, -0.1) is 10.2 Å². The number of carbonyl (C=O) groups excluding carboxylic acids is 1. The van der Waals surface area contributed by atoms with Gasteiger partial charge in [0.25, 0.3) is 0 Å². The fraction of sp³-hybridized carbons (Fsp3) is 0.500. The lowest BCUT2D eigenvalue weighted by Crippen LogP contribution is -2.50. The largest absolute Gasteiger partial charge is 0.373 e. The van der Waals surface area contributed by atoms with Gasteiger partial charge in [0, 0.05) is 50.4 Å². The van der Waals surface area contributed by atoms with Crippen LogP contribution in [0.5, 0.6) is 0 Å². The third kappa shape index (κ3) is 4.28. The first kappa shape index (κ1) is 20.0. The van der Waals surface area contributed by atoms with E-state index < -0.39 is 0 Å². The summed E-state index contributed by atoms with van der Waals surface area (Å²) in [6.07, 6.45) is 5.67. The molecule has 5 heterocycles. The zero-order valence-electron chi connectivity index (χ0n) is 17.7. The van der Waals surface area contributed by atoms with Gasteiger partial charge in [0.1, 0.15) is 0 Å². The molecule has 1 atom stereocenters. The molecular weight excluding hydrogens is 394 g/mol. The van der Waals surface area contributed by atoms with Crippen LogP contribution in [0.4, 0.5) is 0 Å². The van der Waals surface area contributed by atoms with Crippen molar-refractivity contribution in [2.45, 2.75) is 31.8 Å². The number of morpholine rings is 1. The van der Waals surface area contributed by atoms with Crippen molar-refractivity contribution in [1.82, 2.24) is 34.6 Å². The zero-order chi connectivity index (χ0) is 21.2. The Morgan fingerprint density at radius 3 is 2.81 bits per heavy atom. The highest BCUT2D eigenvalue weighted by Crippen LogP contribution is 2.28. The molecule has 0 aliphatic carbocycles. The number of fused-ring (bicyclic) bond motifs is 1. The molecule has 2 aliphatic rings. The number of ether oxygens (including phenoxy) is 1. The molecule has 9 nitrogen and oxygen atoms in total. The molecule has 9 heteroatoms. The van der Waals surface area contributed by atoms with E-state index in [-0.39, 0.29) is 12.0 Å². The average Bonchev–Trinajstić information content (AvgIpc) is 3.24. The highest BCUT2D eigenvalue weighted by atomic mass is 16.5. The Hall–Kier alpha value is -2.91. The summed E-state index contributed by atoms with van der Waals surface area (Å²) in [7, 11) is 0. The summed E-state index contributed by atoms with van der Waals surface area (Å²) in [5.74, 6) is 1.38. The first-order chi connectivity index (χ1) is 15.2. The first-order valence-electron chi connectivity index (χ1n) is 10.9. The summed E-state index contributed by atoms with van der Waals surface area (Å²) in [6, 6.07) is 7.84. The standard InChI is InChI=1S/C22H27N7O2/c1-16(30)28-11-12-31-19(15-28)14-27-9-6-17(7-10-27)22-25-24-21-5-4-20(26-29(21)22)18-3-2-8-23-13-18/h2-5,8,13,17,19H,6-7,9-12,14-15H2,1H3. The molecule has 0 saturated carbocycles. The SMILES string of the molecule is CC(=O)N1CCOC(CN2CCC(c3nnc4ccc(-c5cccnc5)nn34)CC2)C1. The van der Waals surface area contributed by atoms with Crippen molar-refractivity contribution in [3.8, 4) is 11.3 Å². The fourth-order valence-electron chi connectivity index (χ4n) is 4.51. The van der Waals surface area contributed by atoms with Gasteiger partial charge >= 0.3 is 0 Å². The molecule has 3 aromatic heterocycles. The van der Waals surface area contributed by atoms with Gasteiger partial charge in [0.05, 0.1) is 18.4 Å².